The van der Waals surface area contributed by atoms with Crippen molar-refractivity contribution in [1.82, 2.24) is 15.3 Å². The maximum Gasteiger partial charge on any atom is 0.232 e. The lowest BCUT2D eigenvalue weighted by atomic mass is 9.99. The van der Waals surface area contributed by atoms with Gasteiger partial charge in [0.15, 0.2) is 0 Å². The zero-order chi connectivity index (χ0) is 15.5. The molecule has 0 amide bonds. The molecule has 0 bridgehead atoms. The second kappa shape index (κ2) is 6.64. The first-order valence-corrected chi connectivity index (χ1v) is 8.96. The van der Waals surface area contributed by atoms with Gasteiger partial charge in [0.2, 0.25) is 5.88 Å². The van der Waals surface area contributed by atoms with Crippen molar-refractivity contribution in [3.8, 4) is 17.0 Å². The molecule has 4 rings (SSSR count). The molecule has 2 aromatic heterocycles. The molecule has 1 aliphatic heterocycles. The van der Waals surface area contributed by atoms with Crippen molar-refractivity contribution >= 4 is 22.4 Å². The van der Waals surface area contributed by atoms with Crippen molar-refractivity contribution in [2.24, 2.45) is 5.92 Å². The minimum absolute atomic E-state index is 0.617. The molecule has 1 aromatic carbocycles. The summed E-state index contributed by atoms with van der Waals surface area (Å²) in [5, 5.41) is 7.61. The molecule has 0 spiro atoms. The van der Waals surface area contributed by atoms with Crippen LogP contribution in [0.2, 0.25) is 0 Å². The Kier molecular flexibility index (Phi) is 4.22. The van der Waals surface area contributed by atoms with E-state index in [2.05, 4.69) is 44.2 Å². The maximum absolute atomic E-state index is 5.88. The third-order valence-electron chi connectivity index (χ3n) is 4.30. The summed E-state index contributed by atoms with van der Waals surface area (Å²) in [6.45, 7) is 2.90. The number of hydrogen-bond donors (Lipinski definition) is 1. The lowest BCUT2D eigenvalue weighted by Crippen LogP contribution is -2.30. The summed E-state index contributed by atoms with van der Waals surface area (Å²) in [4.78, 5) is 9.10. The van der Waals surface area contributed by atoms with Crippen molar-refractivity contribution in [1.29, 1.82) is 0 Å². The van der Waals surface area contributed by atoms with Gasteiger partial charge in [-0.2, -0.15) is 11.3 Å². The van der Waals surface area contributed by atoms with Gasteiger partial charge in [-0.3, -0.25) is 0 Å². The normalized spacial score (nSPS) is 15.8. The van der Waals surface area contributed by atoms with Crippen LogP contribution in [0.1, 0.15) is 12.8 Å². The third kappa shape index (κ3) is 3.35. The first-order valence-electron chi connectivity index (χ1n) is 8.01. The van der Waals surface area contributed by atoms with E-state index < -0.39 is 0 Å². The molecule has 118 valence electrons. The van der Waals surface area contributed by atoms with Gasteiger partial charge in [0, 0.05) is 0 Å². The monoisotopic (exact) mass is 325 g/mol. The van der Waals surface area contributed by atoms with Crippen molar-refractivity contribution in [3.05, 3.63) is 41.2 Å². The van der Waals surface area contributed by atoms with Crippen LogP contribution in [-0.2, 0) is 0 Å². The standard InChI is InChI=1S/C18H19N3OS/c1-2-16-17(9-14(1)15-5-8-23-12-15)21-18(10-20-16)22-11-13-3-6-19-7-4-13/h1-2,5,8-10,12-13,19H,3-4,6-7,11H2. The van der Waals surface area contributed by atoms with E-state index in [9.17, 15) is 0 Å². The Bertz CT molecular complexity index is 782. The van der Waals surface area contributed by atoms with Gasteiger partial charge in [-0.25, -0.2) is 9.97 Å². The van der Waals surface area contributed by atoms with E-state index in [0.717, 1.165) is 30.7 Å². The highest BCUT2D eigenvalue weighted by atomic mass is 32.1. The molecule has 0 saturated carbocycles. The molecule has 1 saturated heterocycles. The summed E-state index contributed by atoms with van der Waals surface area (Å²) in [5.41, 5.74) is 4.18. The molecule has 0 aliphatic carbocycles. The summed E-state index contributed by atoms with van der Waals surface area (Å²) in [6.07, 6.45) is 4.07. The topological polar surface area (TPSA) is 47.0 Å². The van der Waals surface area contributed by atoms with Gasteiger partial charge in [0.1, 0.15) is 0 Å². The molecular formula is C18H19N3OS. The van der Waals surface area contributed by atoms with E-state index in [0.29, 0.717) is 11.8 Å². The van der Waals surface area contributed by atoms with Crippen molar-refractivity contribution in [2.45, 2.75) is 12.8 Å². The zero-order valence-corrected chi connectivity index (χ0v) is 13.7. The third-order valence-corrected chi connectivity index (χ3v) is 4.98. The van der Waals surface area contributed by atoms with Crippen LogP contribution >= 0.6 is 11.3 Å². The van der Waals surface area contributed by atoms with Crippen LogP contribution in [-0.4, -0.2) is 29.7 Å². The van der Waals surface area contributed by atoms with Gasteiger partial charge in [-0.05, 0) is 71.9 Å². The number of ether oxygens (including phenoxy) is 1. The molecule has 23 heavy (non-hydrogen) atoms. The molecule has 1 fully saturated rings. The minimum Gasteiger partial charge on any atom is -0.476 e. The average Bonchev–Trinajstić information content (AvgIpc) is 3.15. The van der Waals surface area contributed by atoms with Crippen molar-refractivity contribution < 1.29 is 4.74 Å². The smallest absolute Gasteiger partial charge is 0.232 e. The predicted molar refractivity (Wildman–Crippen MR) is 93.9 cm³/mol. The fourth-order valence-corrected chi connectivity index (χ4v) is 3.59. The summed E-state index contributed by atoms with van der Waals surface area (Å²) >= 11 is 1.70. The molecule has 1 N–H and O–H groups in total. The molecule has 5 heteroatoms. The molecule has 3 heterocycles. The van der Waals surface area contributed by atoms with Crippen molar-refractivity contribution in [2.75, 3.05) is 19.7 Å². The highest BCUT2D eigenvalue weighted by Gasteiger charge is 2.14. The Balaban J connectivity index is 1.54. The molecular weight excluding hydrogens is 306 g/mol. The number of nitrogens with one attached hydrogen (secondary N) is 1. The summed E-state index contributed by atoms with van der Waals surface area (Å²) < 4.78 is 5.88. The first-order chi connectivity index (χ1) is 11.4. The molecule has 0 unspecified atom stereocenters. The quantitative estimate of drug-likeness (QED) is 0.794. The Morgan fingerprint density at radius 1 is 1.13 bits per heavy atom. The number of fused-ring (bicyclic) bond motifs is 1. The lowest BCUT2D eigenvalue weighted by Gasteiger charge is -2.22. The lowest BCUT2D eigenvalue weighted by molar-refractivity contribution is 0.209. The molecule has 1 aliphatic rings. The Labute approximate surface area is 139 Å². The second-order valence-electron chi connectivity index (χ2n) is 5.93. The molecule has 0 atom stereocenters. The highest BCUT2D eigenvalue weighted by molar-refractivity contribution is 7.08. The number of benzene rings is 1. The van der Waals surface area contributed by atoms with Gasteiger partial charge in [0.05, 0.1) is 23.8 Å². The van der Waals surface area contributed by atoms with Gasteiger partial charge < -0.3 is 10.1 Å². The Hall–Kier alpha value is -1.98. The van der Waals surface area contributed by atoms with Crippen LogP contribution in [0, 0.1) is 5.92 Å². The van der Waals surface area contributed by atoms with Gasteiger partial charge >= 0.3 is 0 Å². The van der Waals surface area contributed by atoms with Crippen LogP contribution in [0.3, 0.4) is 0 Å². The average molecular weight is 325 g/mol. The number of hydrogen-bond acceptors (Lipinski definition) is 5. The first kappa shape index (κ1) is 14.6. The minimum atomic E-state index is 0.617. The second-order valence-corrected chi connectivity index (χ2v) is 6.71. The number of piperidine rings is 1. The summed E-state index contributed by atoms with van der Waals surface area (Å²) in [6, 6.07) is 8.32. The van der Waals surface area contributed by atoms with E-state index in [1.165, 1.54) is 24.0 Å². The zero-order valence-electron chi connectivity index (χ0n) is 12.9. The van der Waals surface area contributed by atoms with Crippen LogP contribution in [0.5, 0.6) is 5.88 Å². The SMILES string of the molecule is c1cc(-c2ccc3ncc(OCC4CCNCC4)nc3c2)cs1. The van der Waals surface area contributed by atoms with Crippen LogP contribution in [0.25, 0.3) is 22.2 Å². The van der Waals surface area contributed by atoms with E-state index in [1.807, 2.05) is 6.07 Å². The van der Waals surface area contributed by atoms with Crippen molar-refractivity contribution in [3.63, 3.8) is 0 Å². The largest absolute Gasteiger partial charge is 0.476 e. The summed E-state index contributed by atoms with van der Waals surface area (Å²) in [5.74, 6) is 1.24. The van der Waals surface area contributed by atoms with Crippen LogP contribution in [0.15, 0.2) is 41.2 Å². The maximum atomic E-state index is 5.88. The molecule has 3 aromatic rings. The predicted octanol–water partition coefficient (Wildman–Crippen LogP) is 3.74. The van der Waals surface area contributed by atoms with Gasteiger partial charge in [-0.15, -0.1) is 0 Å². The van der Waals surface area contributed by atoms with Crippen LogP contribution < -0.4 is 10.1 Å². The Morgan fingerprint density at radius 3 is 2.87 bits per heavy atom. The Morgan fingerprint density at radius 2 is 2.04 bits per heavy atom. The van der Waals surface area contributed by atoms with E-state index in [-0.39, 0.29) is 0 Å². The number of rotatable bonds is 4. The van der Waals surface area contributed by atoms with E-state index in [1.54, 1.807) is 17.5 Å². The van der Waals surface area contributed by atoms with E-state index in [4.69, 9.17) is 4.74 Å². The fraction of sp³-hybridized carbons (Fsp3) is 0.333. The van der Waals surface area contributed by atoms with Crippen LogP contribution in [0.4, 0.5) is 0 Å². The van der Waals surface area contributed by atoms with Gasteiger partial charge in [0.25, 0.3) is 0 Å². The molecule has 0 radical (unpaired) electrons. The van der Waals surface area contributed by atoms with E-state index >= 15 is 0 Å². The summed E-state index contributed by atoms with van der Waals surface area (Å²) in [7, 11) is 0. The van der Waals surface area contributed by atoms with Gasteiger partial charge in [-0.1, -0.05) is 6.07 Å². The molecule has 4 nitrogen and oxygen atoms in total. The number of aromatic nitrogens is 2. The number of nitrogens with zero attached hydrogens (tertiary/aromatic N) is 2. The fourth-order valence-electron chi connectivity index (χ4n) is 2.92. The highest BCUT2D eigenvalue weighted by Crippen LogP contribution is 2.25. The number of thiophene rings is 1.